The summed E-state index contributed by atoms with van der Waals surface area (Å²) in [6.45, 7) is 4.87. The van der Waals surface area contributed by atoms with Crippen LogP contribution in [0.2, 0.25) is 0 Å². The highest BCUT2D eigenvalue weighted by atomic mass is 19.2. The van der Waals surface area contributed by atoms with E-state index in [2.05, 4.69) is 17.1 Å². The van der Waals surface area contributed by atoms with Gasteiger partial charge >= 0.3 is 0 Å². The Balaban J connectivity index is 2.39. The fourth-order valence-electron chi connectivity index (χ4n) is 3.53. The van der Waals surface area contributed by atoms with E-state index in [0.29, 0.717) is 11.5 Å². The van der Waals surface area contributed by atoms with Crippen LogP contribution in [0.3, 0.4) is 0 Å². The lowest BCUT2D eigenvalue weighted by Gasteiger charge is -2.35. The molecule has 1 aliphatic heterocycles. The first-order chi connectivity index (χ1) is 10.2. The third-order valence-corrected chi connectivity index (χ3v) is 4.39. The van der Waals surface area contributed by atoms with Gasteiger partial charge in [0.05, 0.1) is 0 Å². The minimum absolute atomic E-state index is 0.0319. The average Bonchev–Trinajstić information content (AvgIpc) is 2.66. The van der Waals surface area contributed by atoms with E-state index in [-0.39, 0.29) is 6.04 Å². The maximum atomic E-state index is 14.3. The summed E-state index contributed by atoms with van der Waals surface area (Å²) in [6.07, 6.45) is 4.37. The van der Waals surface area contributed by atoms with Crippen LogP contribution >= 0.6 is 0 Å². The van der Waals surface area contributed by atoms with Gasteiger partial charge in [-0.15, -0.1) is 0 Å². The zero-order valence-electron chi connectivity index (χ0n) is 13.0. The molecule has 0 aliphatic carbocycles. The molecule has 1 fully saturated rings. The maximum Gasteiger partial charge on any atom is 0.163 e. The van der Waals surface area contributed by atoms with Crippen molar-refractivity contribution in [2.24, 2.45) is 5.92 Å². The molecule has 0 bridgehead atoms. The summed E-state index contributed by atoms with van der Waals surface area (Å²) in [5.74, 6) is -1.09. The Morgan fingerprint density at radius 3 is 2.81 bits per heavy atom. The minimum atomic E-state index is -0.739. The fourth-order valence-corrected chi connectivity index (χ4v) is 3.53. The molecule has 1 saturated heterocycles. The van der Waals surface area contributed by atoms with E-state index in [1.165, 1.54) is 6.07 Å². The number of benzene rings is 1. The molecule has 0 aromatic heterocycles. The van der Waals surface area contributed by atoms with Gasteiger partial charge in [-0.1, -0.05) is 25.5 Å². The van der Waals surface area contributed by atoms with Crippen LogP contribution < -0.4 is 5.32 Å². The van der Waals surface area contributed by atoms with Gasteiger partial charge in [0.1, 0.15) is 0 Å². The van der Waals surface area contributed by atoms with Crippen LogP contribution in [0.4, 0.5) is 8.78 Å². The van der Waals surface area contributed by atoms with Crippen LogP contribution in [0.1, 0.15) is 44.2 Å². The minimum Gasteiger partial charge on any atom is -0.319 e. The van der Waals surface area contributed by atoms with Gasteiger partial charge in [-0.3, -0.25) is 4.90 Å². The second kappa shape index (κ2) is 7.85. The number of hydrogen-bond donors (Lipinski definition) is 1. The molecule has 2 unspecified atom stereocenters. The average molecular weight is 296 g/mol. The van der Waals surface area contributed by atoms with Gasteiger partial charge < -0.3 is 5.32 Å². The number of rotatable bonds is 5. The molecule has 0 amide bonds. The molecule has 1 N–H and O–H groups in total. The van der Waals surface area contributed by atoms with E-state index in [0.717, 1.165) is 45.3 Å². The van der Waals surface area contributed by atoms with Gasteiger partial charge in [0.15, 0.2) is 11.6 Å². The second-order valence-electron chi connectivity index (χ2n) is 5.94. The molecule has 0 radical (unpaired) electrons. The monoisotopic (exact) mass is 296 g/mol. The lowest BCUT2D eigenvalue weighted by atomic mass is 9.88. The zero-order chi connectivity index (χ0) is 15.2. The fraction of sp³-hybridized carbons (Fsp3) is 0.647. The summed E-state index contributed by atoms with van der Waals surface area (Å²) < 4.78 is 28.0. The molecule has 1 aromatic carbocycles. The van der Waals surface area contributed by atoms with E-state index in [9.17, 15) is 8.78 Å². The molecule has 2 rings (SSSR count). The highest BCUT2D eigenvalue weighted by Gasteiger charge is 2.32. The van der Waals surface area contributed by atoms with Crippen molar-refractivity contribution in [3.63, 3.8) is 0 Å². The lowest BCUT2D eigenvalue weighted by molar-refractivity contribution is 0.150. The molecule has 1 heterocycles. The number of halogens is 2. The smallest absolute Gasteiger partial charge is 0.163 e. The van der Waals surface area contributed by atoms with E-state index in [1.807, 2.05) is 7.05 Å². The Morgan fingerprint density at radius 1 is 1.29 bits per heavy atom. The summed E-state index contributed by atoms with van der Waals surface area (Å²) in [7, 11) is 1.92. The van der Waals surface area contributed by atoms with Gasteiger partial charge in [-0.2, -0.15) is 0 Å². The van der Waals surface area contributed by atoms with Crippen LogP contribution in [-0.2, 0) is 0 Å². The molecule has 118 valence electrons. The molecule has 1 aliphatic rings. The van der Waals surface area contributed by atoms with Gasteiger partial charge in [-0.25, -0.2) is 8.78 Å². The third kappa shape index (κ3) is 3.80. The first kappa shape index (κ1) is 16.4. The van der Waals surface area contributed by atoms with Gasteiger partial charge in [0.2, 0.25) is 0 Å². The molecule has 21 heavy (non-hydrogen) atoms. The van der Waals surface area contributed by atoms with E-state index in [4.69, 9.17) is 0 Å². The normalized spacial score (nSPS) is 24.0. The number of likely N-dealkylation sites (tertiary alicyclic amines) is 1. The Hall–Kier alpha value is -1.00. The van der Waals surface area contributed by atoms with Crippen molar-refractivity contribution in [2.75, 3.05) is 26.7 Å². The first-order valence-electron chi connectivity index (χ1n) is 8.01. The number of nitrogens with one attached hydrogen (secondary N) is 1. The van der Waals surface area contributed by atoms with Crippen molar-refractivity contribution in [1.82, 2.24) is 10.2 Å². The van der Waals surface area contributed by atoms with E-state index >= 15 is 0 Å². The summed E-state index contributed by atoms with van der Waals surface area (Å²) in [5.41, 5.74) is 0.519. The summed E-state index contributed by atoms with van der Waals surface area (Å²) in [4.78, 5) is 2.34. The standard InChI is InChI=1S/C17H26F2N2/c1-3-10-21-11-5-4-7-13(12-20-2)17(21)14-8-6-9-15(18)16(14)19/h6,8-9,13,17,20H,3-5,7,10-12H2,1-2H3. The van der Waals surface area contributed by atoms with Gasteiger partial charge in [0, 0.05) is 11.6 Å². The molecule has 4 heteroatoms. The van der Waals surface area contributed by atoms with Crippen molar-refractivity contribution in [1.29, 1.82) is 0 Å². The second-order valence-corrected chi connectivity index (χ2v) is 5.94. The largest absolute Gasteiger partial charge is 0.319 e. The highest BCUT2D eigenvalue weighted by Crippen LogP contribution is 2.36. The predicted octanol–water partition coefficient (Wildman–Crippen LogP) is 3.74. The molecule has 2 atom stereocenters. The van der Waals surface area contributed by atoms with Crippen molar-refractivity contribution in [3.8, 4) is 0 Å². The Bertz CT molecular complexity index is 434. The van der Waals surface area contributed by atoms with Crippen LogP contribution in [0.25, 0.3) is 0 Å². The summed E-state index contributed by atoms with van der Waals surface area (Å²) in [6, 6.07) is 4.54. The van der Waals surface area contributed by atoms with Gasteiger partial charge in [-0.05, 0) is 57.9 Å². The van der Waals surface area contributed by atoms with Crippen molar-refractivity contribution < 1.29 is 8.78 Å². The SMILES string of the molecule is CCCN1CCCCC(CNC)C1c1cccc(F)c1F. The Labute approximate surface area is 126 Å². The molecular weight excluding hydrogens is 270 g/mol. The first-order valence-corrected chi connectivity index (χ1v) is 8.01. The van der Waals surface area contributed by atoms with E-state index in [1.54, 1.807) is 12.1 Å². The lowest BCUT2D eigenvalue weighted by Crippen LogP contribution is -2.37. The van der Waals surface area contributed by atoms with Crippen LogP contribution in [0, 0.1) is 17.6 Å². The number of hydrogen-bond acceptors (Lipinski definition) is 2. The van der Waals surface area contributed by atoms with Crippen LogP contribution in [0.15, 0.2) is 18.2 Å². The Morgan fingerprint density at radius 2 is 2.10 bits per heavy atom. The molecule has 1 aromatic rings. The Kier molecular flexibility index (Phi) is 6.12. The predicted molar refractivity (Wildman–Crippen MR) is 82.2 cm³/mol. The molecule has 0 spiro atoms. The van der Waals surface area contributed by atoms with Gasteiger partial charge in [0.25, 0.3) is 0 Å². The third-order valence-electron chi connectivity index (χ3n) is 4.39. The van der Waals surface area contributed by atoms with Crippen LogP contribution in [-0.4, -0.2) is 31.6 Å². The topological polar surface area (TPSA) is 15.3 Å². The quantitative estimate of drug-likeness (QED) is 0.890. The van der Waals surface area contributed by atoms with Crippen molar-refractivity contribution in [2.45, 2.75) is 38.6 Å². The zero-order valence-corrected chi connectivity index (χ0v) is 13.0. The molecule has 0 saturated carbocycles. The highest BCUT2D eigenvalue weighted by molar-refractivity contribution is 5.24. The summed E-state index contributed by atoms with van der Waals surface area (Å²) >= 11 is 0. The molecule has 2 nitrogen and oxygen atoms in total. The van der Waals surface area contributed by atoms with E-state index < -0.39 is 11.6 Å². The molecular formula is C17H26F2N2. The number of nitrogens with zero attached hydrogens (tertiary/aromatic N) is 1. The van der Waals surface area contributed by atoms with Crippen LogP contribution in [0.5, 0.6) is 0 Å². The maximum absolute atomic E-state index is 14.3. The summed E-state index contributed by atoms with van der Waals surface area (Å²) in [5, 5.41) is 3.22. The van der Waals surface area contributed by atoms with Crippen molar-refractivity contribution >= 4 is 0 Å². The van der Waals surface area contributed by atoms with Crippen molar-refractivity contribution in [3.05, 3.63) is 35.4 Å².